The Hall–Kier alpha value is -3.41. The van der Waals surface area contributed by atoms with Gasteiger partial charge in [-0.2, -0.15) is 5.10 Å². The summed E-state index contributed by atoms with van der Waals surface area (Å²) in [6.45, 7) is 0. The summed E-state index contributed by atoms with van der Waals surface area (Å²) >= 11 is 0. The van der Waals surface area contributed by atoms with Crippen molar-refractivity contribution < 1.29 is 13.9 Å². The third-order valence-corrected chi connectivity index (χ3v) is 4.39. The molecule has 1 heterocycles. The first-order valence-corrected chi connectivity index (χ1v) is 8.01. The Morgan fingerprint density at radius 1 is 0.962 bits per heavy atom. The number of hydrogen-bond acceptors (Lipinski definition) is 3. The van der Waals surface area contributed by atoms with E-state index in [4.69, 9.17) is 5.73 Å². The molecule has 4 nitrogen and oxygen atoms in total. The summed E-state index contributed by atoms with van der Waals surface area (Å²) < 4.78 is 27.3. The third-order valence-electron chi connectivity index (χ3n) is 4.39. The van der Waals surface area contributed by atoms with Crippen molar-refractivity contribution >= 4 is 16.7 Å². The second-order valence-corrected chi connectivity index (χ2v) is 6.12. The Labute approximate surface area is 147 Å². The van der Waals surface area contributed by atoms with Gasteiger partial charge in [0.1, 0.15) is 17.4 Å². The Balaban J connectivity index is 1.88. The summed E-state index contributed by atoms with van der Waals surface area (Å²) in [6.07, 6.45) is 0.267. The number of fused-ring (bicyclic) bond motifs is 1. The number of H-pyrrole nitrogens is 1. The topological polar surface area (TPSA) is 74.9 Å². The predicted octanol–water partition coefficient (Wildman–Crippen LogP) is 4.39. The van der Waals surface area contributed by atoms with E-state index in [1.54, 1.807) is 24.3 Å². The van der Waals surface area contributed by atoms with E-state index in [1.807, 2.05) is 12.1 Å². The molecule has 4 aromatic rings. The number of aromatic hydroxyl groups is 1. The van der Waals surface area contributed by atoms with Crippen molar-refractivity contribution in [1.29, 1.82) is 0 Å². The number of phenols is 1. The van der Waals surface area contributed by atoms with Crippen LogP contribution in [0.3, 0.4) is 0 Å². The molecule has 0 radical (unpaired) electrons. The molecular formula is C20H15F2N3O. The van der Waals surface area contributed by atoms with Crippen LogP contribution in [0.2, 0.25) is 0 Å². The van der Waals surface area contributed by atoms with Gasteiger partial charge in [0.15, 0.2) is 5.82 Å². The van der Waals surface area contributed by atoms with Gasteiger partial charge in [-0.15, -0.1) is 0 Å². The molecule has 0 saturated heterocycles. The number of anilines is 1. The van der Waals surface area contributed by atoms with Crippen molar-refractivity contribution in [3.05, 3.63) is 77.4 Å². The van der Waals surface area contributed by atoms with E-state index in [9.17, 15) is 13.9 Å². The van der Waals surface area contributed by atoms with Crippen LogP contribution in [0.4, 0.5) is 14.6 Å². The smallest absolute Gasteiger partial charge is 0.153 e. The van der Waals surface area contributed by atoms with Gasteiger partial charge >= 0.3 is 0 Å². The number of nitrogen functional groups attached to an aromatic ring is 1. The highest BCUT2D eigenvalue weighted by atomic mass is 19.1. The quantitative estimate of drug-likeness (QED) is 0.512. The zero-order chi connectivity index (χ0) is 18.3. The molecule has 0 aliphatic rings. The Kier molecular flexibility index (Phi) is 3.80. The number of nitrogens with zero attached hydrogens (tertiary/aromatic N) is 1. The highest BCUT2D eigenvalue weighted by Crippen LogP contribution is 2.32. The summed E-state index contributed by atoms with van der Waals surface area (Å²) in [4.78, 5) is 0. The van der Waals surface area contributed by atoms with Crippen LogP contribution in [0.25, 0.3) is 22.0 Å². The van der Waals surface area contributed by atoms with Gasteiger partial charge in [-0.05, 0) is 52.6 Å². The van der Waals surface area contributed by atoms with E-state index in [0.29, 0.717) is 11.4 Å². The molecule has 1 aromatic heterocycles. The molecule has 3 aromatic carbocycles. The first-order chi connectivity index (χ1) is 12.5. The molecule has 0 bridgehead atoms. The molecule has 130 valence electrons. The number of phenolic OH excluding ortho intramolecular Hbond substituents is 1. The monoisotopic (exact) mass is 351 g/mol. The Morgan fingerprint density at radius 3 is 2.46 bits per heavy atom. The van der Waals surface area contributed by atoms with E-state index in [-0.39, 0.29) is 12.2 Å². The molecule has 0 aliphatic heterocycles. The number of hydrogen-bond donors (Lipinski definition) is 3. The number of aromatic nitrogens is 2. The number of nitrogens with one attached hydrogen (secondary N) is 1. The molecule has 0 atom stereocenters. The maximum atomic E-state index is 14.1. The standard InChI is InChI=1S/C20H15F2N3O/c21-14-4-1-12(18(22)9-14)7-13-8-17-19(24-25-20(17)23)10-16(13)11-2-5-15(26)6-3-11/h1-6,8-10,26H,7H2,(H3,23,24,25). The average molecular weight is 351 g/mol. The first-order valence-electron chi connectivity index (χ1n) is 8.01. The zero-order valence-electron chi connectivity index (χ0n) is 13.6. The lowest BCUT2D eigenvalue weighted by Crippen LogP contribution is -1.97. The highest BCUT2D eigenvalue weighted by Gasteiger charge is 2.14. The number of nitrogens with two attached hydrogens (primary N) is 1. The van der Waals surface area contributed by atoms with E-state index in [1.165, 1.54) is 12.1 Å². The third kappa shape index (κ3) is 2.86. The fourth-order valence-electron chi connectivity index (χ4n) is 3.06. The van der Waals surface area contributed by atoms with Gasteiger partial charge in [0.05, 0.1) is 5.52 Å². The van der Waals surface area contributed by atoms with Crippen molar-refractivity contribution in [2.45, 2.75) is 6.42 Å². The van der Waals surface area contributed by atoms with Crippen LogP contribution in [0.5, 0.6) is 5.75 Å². The molecule has 4 N–H and O–H groups in total. The van der Waals surface area contributed by atoms with Crippen molar-refractivity contribution in [2.75, 3.05) is 5.73 Å². The Bertz CT molecular complexity index is 1100. The van der Waals surface area contributed by atoms with E-state index in [2.05, 4.69) is 10.2 Å². The summed E-state index contributed by atoms with van der Waals surface area (Å²) in [6, 6.07) is 14.0. The van der Waals surface area contributed by atoms with Crippen LogP contribution in [-0.2, 0) is 6.42 Å². The summed E-state index contributed by atoms with van der Waals surface area (Å²) in [5, 5.41) is 17.2. The number of benzene rings is 3. The van der Waals surface area contributed by atoms with E-state index >= 15 is 0 Å². The minimum Gasteiger partial charge on any atom is -0.508 e. The molecule has 0 aliphatic carbocycles. The summed E-state index contributed by atoms with van der Waals surface area (Å²) in [5.74, 6) is -0.689. The summed E-state index contributed by atoms with van der Waals surface area (Å²) in [7, 11) is 0. The highest BCUT2D eigenvalue weighted by molar-refractivity contribution is 5.93. The number of rotatable bonds is 3. The molecule has 26 heavy (non-hydrogen) atoms. The van der Waals surface area contributed by atoms with Gasteiger partial charge in [-0.3, -0.25) is 5.10 Å². The molecule has 6 heteroatoms. The first kappa shape index (κ1) is 16.1. The molecule has 0 unspecified atom stereocenters. The maximum Gasteiger partial charge on any atom is 0.153 e. The zero-order valence-corrected chi connectivity index (χ0v) is 13.6. The van der Waals surface area contributed by atoms with Crippen LogP contribution in [0, 0.1) is 11.6 Å². The molecule has 0 spiro atoms. The van der Waals surface area contributed by atoms with Gasteiger partial charge in [0.25, 0.3) is 0 Å². The van der Waals surface area contributed by atoms with Crippen LogP contribution in [0.1, 0.15) is 11.1 Å². The Morgan fingerprint density at radius 2 is 1.73 bits per heavy atom. The van der Waals surface area contributed by atoms with Crippen molar-refractivity contribution in [3.63, 3.8) is 0 Å². The molecule has 0 saturated carbocycles. The lowest BCUT2D eigenvalue weighted by atomic mass is 9.93. The normalized spacial score (nSPS) is 11.2. The second kappa shape index (κ2) is 6.15. The largest absolute Gasteiger partial charge is 0.508 e. The minimum absolute atomic E-state index is 0.159. The van der Waals surface area contributed by atoms with Gasteiger partial charge in [-0.1, -0.05) is 18.2 Å². The maximum absolute atomic E-state index is 14.1. The van der Waals surface area contributed by atoms with Crippen molar-refractivity contribution in [2.24, 2.45) is 0 Å². The molecular weight excluding hydrogens is 336 g/mol. The minimum atomic E-state index is -0.612. The number of halogens is 2. The van der Waals surface area contributed by atoms with Crippen molar-refractivity contribution in [3.8, 4) is 16.9 Å². The van der Waals surface area contributed by atoms with Crippen LogP contribution >= 0.6 is 0 Å². The molecule has 4 rings (SSSR count). The van der Waals surface area contributed by atoms with Crippen LogP contribution < -0.4 is 5.73 Å². The fourth-order valence-corrected chi connectivity index (χ4v) is 3.06. The van der Waals surface area contributed by atoms with E-state index < -0.39 is 11.6 Å². The fraction of sp³-hybridized carbons (Fsp3) is 0.0500. The van der Waals surface area contributed by atoms with Gasteiger partial charge < -0.3 is 10.8 Å². The summed E-state index contributed by atoms with van der Waals surface area (Å²) in [5.41, 5.74) is 9.57. The second-order valence-electron chi connectivity index (χ2n) is 6.12. The predicted molar refractivity (Wildman–Crippen MR) is 96.8 cm³/mol. The number of aromatic amines is 1. The SMILES string of the molecule is Nc1n[nH]c2cc(-c3ccc(O)cc3)c(Cc3ccc(F)cc3F)cc12. The van der Waals surface area contributed by atoms with Crippen LogP contribution in [-0.4, -0.2) is 15.3 Å². The van der Waals surface area contributed by atoms with Gasteiger partial charge in [0.2, 0.25) is 0 Å². The van der Waals surface area contributed by atoms with Gasteiger partial charge in [-0.25, -0.2) is 8.78 Å². The van der Waals surface area contributed by atoms with E-state index in [0.717, 1.165) is 33.7 Å². The average Bonchev–Trinajstić information content (AvgIpc) is 2.98. The molecule has 0 fully saturated rings. The lowest BCUT2D eigenvalue weighted by molar-refractivity contribution is 0.475. The van der Waals surface area contributed by atoms with Crippen LogP contribution in [0.15, 0.2) is 54.6 Å². The molecule has 0 amide bonds. The van der Waals surface area contributed by atoms with Crippen molar-refractivity contribution in [1.82, 2.24) is 10.2 Å². The lowest BCUT2D eigenvalue weighted by Gasteiger charge is -2.12. The van der Waals surface area contributed by atoms with Gasteiger partial charge in [0, 0.05) is 17.9 Å².